The first-order valence-electron chi connectivity index (χ1n) is 9.59. The molecular formula is C22H16BrF4N5O. The highest BCUT2D eigenvalue weighted by Crippen LogP contribution is 2.37. The number of rotatable bonds is 5. The predicted molar refractivity (Wildman–Crippen MR) is 118 cm³/mol. The van der Waals surface area contributed by atoms with Crippen molar-refractivity contribution in [3.05, 3.63) is 83.4 Å². The molecule has 4 aromatic rings. The Bertz CT molecular complexity index is 1310. The maximum absolute atomic E-state index is 13.6. The Morgan fingerprint density at radius 3 is 2.39 bits per heavy atom. The monoisotopic (exact) mass is 521 g/mol. The molecule has 2 aromatic carbocycles. The van der Waals surface area contributed by atoms with E-state index in [2.05, 4.69) is 31.4 Å². The molecule has 0 aliphatic heterocycles. The number of carbonyl (C=O) groups is 1. The van der Waals surface area contributed by atoms with Crippen LogP contribution < -0.4 is 5.32 Å². The fraction of sp³-hybridized carbons (Fsp3) is 0.136. The topological polar surface area (TPSA) is 64.7 Å². The van der Waals surface area contributed by atoms with Crippen LogP contribution in [0.2, 0.25) is 0 Å². The maximum atomic E-state index is 13.6. The highest BCUT2D eigenvalue weighted by Gasteiger charge is 2.34. The van der Waals surface area contributed by atoms with Gasteiger partial charge in [0.15, 0.2) is 0 Å². The molecule has 0 atom stereocenters. The Balaban J connectivity index is 1.71. The number of hydrogen-bond donors (Lipinski definition) is 1. The van der Waals surface area contributed by atoms with E-state index < -0.39 is 23.5 Å². The van der Waals surface area contributed by atoms with E-state index in [1.165, 1.54) is 45.9 Å². The molecule has 1 amide bonds. The van der Waals surface area contributed by atoms with Crippen molar-refractivity contribution >= 4 is 27.7 Å². The number of anilines is 1. The van der Waals surface area contributed by atoms with Gasteiger partial charge < -0.3 is 5.32 Å². The van der Waals surface area contributed by atoms with Gasteiger partial charge in [-0.05, 0) is 48.5 Å². The summed E-state index contributed by atoms with van der Waals surface area (Å²) in [6, 6.07) is 11.7. The molecule has 2 aromatic heterocycles. The minimum atomic E-state index is -4.62. The number of nitrogens with one attached hydrogen (secondary N) is 1. The Kier molecular flexibility index (Phi) is 6.07. The maximum Gasteiger partial charge on any atom is 0.417 e. The van der Waals surface area contributed by atoms with E-state index in [9.17, 15) is 22.4 Å². The molecule has 0 unspecified atom stereocenters. The number of amides is 1. The molecule has 0 aliphatic rings. The molecule has 2 heterocycles. The number of nitrogens with zero attached hydrogens (tertiary/aromatic N) is 4. The Labute approximate surface area is 194 Å². The van der Waals surface area contributed by atoms with Crippen LogP contribution in [0, 0.1) is 5.82 Å². The number of alkyl halides is 4. The van der Waals surface area contributed by atoms with E-state index in [1.807, 2.05) is 0 Å². The molecule has 0 saturated carbocycles. The van der Waals surface area contributed by atoms with Crippen LogP contribution in [0.15, 0.2) is 60.8 Å². The molecule has 0 saturated heterocycles. The van der Waals surface area contributed by atoms with Gasteiger partial charge in [-0.15, -0.1) is 0 Å². The van der Waals surface area contributed by atoms with Gasteiger partial charge in [0, 0.05) is 35.8 Å². The molecule has 0 fully saturated rings. The zero-order valence-corrected chi connectivity index (χ0v) is 18.7. The summed E-state index contributed by atoms with van der Waals surface area (Å²) >= 11 is 3.30. The average molecular weight is 522 g/mol. The Hall–Kier alpha value is -3.47. The van der Waals surface area contributed by atoms with Crippen LogP contribution in [0.25, 0.3) is 16.9 Å². The predicted octanol–water partition coefficient (Wildman–Crippen LogP) is 5.58. The number of carbonyl (C=O) groups excluding carboxylic acids is 1. The molecule has 0 aliphatic carbocycles. The quantitative estimate of drug-likeness (QED) is 0.275. The highest BCUT2D eigenvalue weighted by atomic mass is 79.9. The summed E-state index contributed by atoms with van der Waals surface area (Å²) in [6.07, 6.45) is -3.10. The zero-order chi connectivity index (χ0) is 23.8. The van der Waals surface area contributed by atoms with Crippen molar-refractivity contribution < 1.29 is 22.4 Å². The third-order valence-electron chi connectivity index (χ3n) is 4.79. The Morgan fingerprint density at radius 2 is 1.79 bits per heavy atom. The fourth-order valence-electron chi connectivity index (χ4n) is 3.26. The average Bonchev–Trinajstić information content (AvgIpc) is 3.39. The van der Waals surface area contributed by atoms with Gasteiger partial charge in [0.05, 0.1) is 22.6 Å². The van der Waals surface area contributed by atoms with Crippen molar-refractivity contribution in [3.8, 4) is 16.9 Å². The van der Waals surface area contributed by atoms with Crippen LogP contribution in [-0.2, 0) is 18.6 Å². The lowest BCUT2D eigenvalue weighted by Gasteiger charge is -2.14. The minimum Gasteiger partial charge on any atom is -0.306 e. The van der Waals surface area contributed by atoms with Crippen molar-refractivity contribution in [1.29, 1.82) is 0 Å². The number of benzene rings is 2. The molecule has 0 bridgehead atoms. The van der Waals surface area contributed by atoms with Gasteiger partial charge >= 0.3 is 6.18 Å². The third-order valence-corrected chi connectivity index (χ3v) is 5.36. The lowest BCUT2D eigenvalue weighted by atomic mass is 10.0. The van der Waals surface area contributed by atoms with Crippen LogP contribution in [0.5, 0.6) is 0 Å². The minimum absolute atomic E-state index is 0.0101. The van der Waals surface area contributed by atoms with Gasteiger partial charge in [-0.1, -0.05) is 15.9 Å². The van der Waals surface area contributed by atoms with E-state index in [1.54, 1.807) is 13.1 Å². The molecule has 1 N–H and O–H groups in total. The van der Waals surface area contributed by atoms with Crippen LogP contribution in [0.3, 0.4) is 0 Å². The normalized spacial score (nSPS) is 11.6. The third kappa shape index (κ3) is 4.82. The van der Waals surface area contributed by atoms with Crippen molar-refractivity contribution in [3.63, 3.8) is 0 Å². The standard InChI is InChI=1S/C22H16BrF4N5O/c1-31-9-8-19(30-31)17-10-13(2-7-18(17)22(25,26)27)21(33)28-20-11-15(12-23)29-32(20)16-5-3-14(24)4-6-16/h2-11H,12H2,1H3,(H,28,33). The van der Waals surface area contributed by atoms with Gasteiger partial charge in [-0.3, -0.25) is 9.48 Å². The van der Waals surface area contributed by atoms with E-state index >= 15 is 0 Å². The first-order chi connectivity index (χ1) is 15.7. The van der Waals surface area contributed by atoms with E-state index in [0.29, 0.717) is 16.7 Å². The van der Waals surface area contributed by atoms with Crippen molar-refractivity contribution in [2.75, 3.05) is 5.32 Å². The zero-order valence-electron chi connectivity index (χ0n) is 17.1. The second-order valence-corrected chi connectivity index (χ2v) is 7.69. The number of aryl methyl sites for hydroxylation is 1. The molecular weight excluding hydrogens is 506 g/mol. The largest absolute Gasteiger partial charge is 0.417 e. The molecule has 0 spiro atoms. The van der Waals surface area contributed by atoms with Gasteiger partial charge in [-0.2, -0.15) is 23.4 Å². The van der Waals surface area contributed by atoms with Crippen molar-refractivity contribution in [1.82, 2.24) is 19.6 Å². The van der Waals surface area contributed by atoms with Gasteiger partial charge in [0.2, 0.25) is 0 Å². The van der Waals surface area contributed by atoms with Crippen molar-refractivity contribution in [2.24, 2.45) is 7.05 Å². The molecule has 0 radical (unpaired) electrons. The number of halogens is 5. The molecule has 170 valence electrons. The summed E-state index contributed by atoms with van der Waals surface area (Å²) in [4.78, 5) is 13.0. The lowest BCUT2D eigenvalue weighted by Crippen LogP contribution is -2.16. The summed E-state index contributed by atoms with van der Waals surface area (Å²) in [6.45, 7) is 0. The van der Waals surface area contributed by atoms with Crippen LogP contribution in [-0.4, -0.2) is 25.5 Å². The molecule has 6 nitrogen and oxygen atoms in total. The summed E-state index contributed by atoms with van der Waals surface area (Å²) in [5.74, 6) is -0.783. The van der Waals surface area contributed by atoms with Gasteiger partial charge in [0.1, 0.15) is 11.6 Å². The Morgan fingerprint density at radius 1 is 1.06 bits per heavy atom. The fourth-order valence-corrected chi connectivity index (χ4v) is 3.53. The van der Waals surface area contributed by atoms with Crippen LogP contribution in [0.1, 0.15) is 21.6 Å². The van der Waals surface area contributed by atoms with E-state index in [-0.39, 0.29) is 22.6 Å². The second kappa shape index (κ2) is 8.81. The first kappa shape index (κ1) is 22.7. The van der Waals surface area contributed by atoms with Crippen LogP contribution >= 0.6 is 15.9 Å². The lowest BCUT2D eigenvalue weighted by molar-refractivity contribution is -0.137. The summed E-state index contributed by atoms with van der Waals surface area (Å²) in [5.41, 5.74) is 0.102. The first-order valence-corrected chi connectivity index (χ1v) is 10.7. The van der Waals surface area contributed by atoms with Gasteiger partial charge in [-0.25, -0.2) is 9.07 Å². The number of hydrogen-bond acceptors (Lipinski definition) is 3. The summed E-state index contributed by atoms with van der Waals surface area (Å²) < 4.78 is 56.8. The van der Waals surface area contributed by atoms with Crippen LogP contribution in [0.4, 0.5) is 23.4 Å². The molecule has 11 heteroatoms. The second-order valence-electron chi connectivity index (χ2n) is 7.13. The molecule has 4 rings (SSSR count). The van der Waals surface area contributed by atoms with Gasteiger partial charge in [0.25, 0.3) is 5.91 Å². The summed E-state index contributed by atoms with van der Waals surface area (Å²) in [7, 11) is 1.59. The van der Waals surface area contributed by atoms with Crippen molar-refractivity contribution in [2.45, 2.75) is 11.5 Å². The smallest absolute Gasteiger partial charge is 0.306 e. The number of aromatic nitrogens is 4. The van der Waals surface area contributed by atoms with E-state index in [4.69, 9.17) is 0 Å². The molecule has 33 heavy (non-hydrogen) atoms. The SMILES string of the molecule is Cn1ccc(-c2cc(C(=O)Nc3cc(CBr)nn3-c3ccc(F)cc3)ccc2C(F)(F)F)n1. The summed E-state index contributed by atoms with van der Waals surface area (Å²) in [5, 5.41) is 11.5. The van der Waals surface area contributed by atoms with E-state index in [0.717, 1.165) is 18.2 Å². The highest BCUT2D eigenvalue weighted by molar-refractivity contribution is 9.08.